The van der Waals surface area contributed by atoms with Crippen LogP contribution in [0, 0.1) is 0 Å². The highest BCUT2D eigenvalue weighted by molar-refractivity contribution is 7.47. The zero-order chi connectivity index (χ0) is 55.5. The highest BCUT2D eigenvalue weighted by Crippen LogP contribution is 2.43. The van der Waals surface area contributed by atoms with E-state index >= 15 is 0 Å². The van der Waals surface area contributed by atoms with E-state index in [0.717, 1.165) is 128 Å². The van der Waals surface area contributed by atoms with Crippen LogP contribution in [0.2, 0.25) is 0 Å². The molecule has 0 fully saturated rings. The Labute approximate surface area is 463 Å². The first-order chi connectivity index (χ1) is 37.2. The van der Waals surface area contributed by atoms with Gasteiger partial charge in [-0.25, -0.2) is 4.57 Å². The first-order valence-electron chi connectivity index (χ1n) is 29.8. The summed E-state index contributed by atoms with van der Waals surface area (Å²) < 4.78 is 39.5. The molecule has 0 amide bonds. The molecule has 2 N–H and O–H groups in total. The van der Waals surface area contributed by atoms with Crippen LogP contribution < -0.4 is 0 Å². The Morgan fingerprint density at radius 1 is 0.382 bits per heavy atom. The Morgan fingerprint density at radius 2 is 0.684 bits per heavy atom. The fourth-order valence-corrected chi connectivity index (χ4v) is 8.47. The zero-order valence-corrected chi connectivity index (χ0v) is 48.8. The first-order valence-corrected chi connectivity index (χ1v) is 31.3. The first kappa shape index (κ1) is 72.1. The Balaban J connectivity index is 4.80. The van der Waals surface area contributed by atoms with Gasteiger partial charge in [0.15, 0.2) is 6.10 Å². The van der Waals surface area contributed by atoms with Crippen molar-refractivity contribution >= 4 is 25.7 Å². The van der Waals surface area contributed by atoms with E-state index in [1.807, 2.05) is 0 Å². The van der Waals surface area contributed by atoms with E-state index in [0.29, 0.717) is 19.3 Å². The van der Waals surface area contributed by atoms with Gasteiger partial charge in [0.1, 0.15) is 12.7 Å². The van der Waals surface area contributed by atoms with Crippen molar-refractivity contribution in [2.24, 2.45) is 0 Å². The number of hydrogen-bond acceptors (Lipinski definition) is 10. The summed E-state index contributed by atoms with van der Waals surface area (Å²) >= 11 is 0. The number of carbonyl (C=O) groups is 3. The Hall–Kier alpha value is -3.86. The van der Waals surface area contributed by atoms with Crippen LogP contribution in [-0.4, -0.2) is 66.5 Å². The van der Waals surface area contributed by atoms with E-state index in [4.69, 9.17) is 23.3 Å². The van der Waals surface area contributed by atoms with Gasteiger partial charge in [0, 0.05) is 19.3 Å². The standard InChI is InChI=1S/C64H107O11P/c1-4-7-10-13-16-19-22-25-28-30-33-35-38-41-44-47-50-53-62(66)71-57-61(75-64(68)55-52-49-46-43-40-37-34-31-29-26-23-20-17-14-11-8-5-2)59-73-76(69,70)72-58-60(56-65)74-63(67)54-51-48-45-42-39-36-32-27-24-21-18-15-12-9-6-3/h7,9-10,12,16-21,25-29,32,39,42,60-61,65H,4-6,8,11,13-15,22-24,30-31,33-38,40-41,43-59H2,1-3H3,(H,69,70)/b10-7-,12-9-,19-16-,20-17-,21-18-,28-25-,29-26-,32-27-,42-39-. The summed E-state index contributed by atoms with van der Waals surface area (Å²) in [6.07, 6.45) is 69.0. The largest absolute Gasteiger partial charge is 0.472 e. The lowest BCUT2D eigenvalue weighted by Crippen LogP contribution is -2.30. The quantitative estimate of drug-likeness (QED) is 0.0197. The molecule has 0 aromatic rings. The van der Waals surface area contributed by atoms with Crippen molar-refractivity contribution in [3.63, 3.8) is 0 Å². The van der Waals surface area contributed by atoms with Crippen molar-refractivity contribution in [1.82, 2.24) is 0 Å². The molecular weight excluding hydrogens is 976 g/mol. The van der Waals surface area contributed by atoms with Crippen LogP contribution in [-0.2, 0) is 42.2 Å². The van der Waals surface area contributed by atoms with Gasteiger partial charge in [-0.05, 0) is 122 Å². The Morgan fingerprint density at radius 3 is 1.08 bits per heavy atom. The van der Waals surface area contributed by atoms with Crippen molar-refractivity contribution in [3.05, 3.63) is 109 Å². The molecule has 434 valence electrons. The second-order valence-electron chi connectivity index (χ2n) is 19.4. The third kappa shape index (κ3) is 54.9. The van der Waals surface area contributed by atoms with E-state index in [9.17, 15) is 28.9 Å². The molecule has 0 aliphatic rings. The molecule has 0 heterocycles. The molecule has 0 aromatic heterocycles. The molecule has 0 aliphatic heterocycles. The molecule has 12 heteroatoms. The third-order valence-electron chi connectivity index (χ3n) is 12.2. The highest BCUT2D eigenvalue weighted by atomic mass is 31.2. The van der Waals surface area contributed by atoms with Crippen LogP contribution in [0.15, 0.2) is 109 Å². The number of hydrogen-bond donors (Lipinski definition) is 2. The number of ether oxygens (including phenoxy) is 3. The van der Waals surface area contributed by atoms with Gasteiger partial charge in [0.2, 0.25) is 0 Å². The minimum Gasteiger partial charge on any atom is -0.462 e. The fourth-order valence-electron chi connectivity index (χ4n) is 7.69. The lowest BCUT2D eigenvalue weighted by molar-refractivity contribution is -0.161. The van der Waals surface area contributed by atoms with E-state index in [1.54, 1.807) is 0 Å². The smallest absolute Gasteiger partial charge is 0.462 e. The van der Waals surface area contributed by atoms with Gasteiger partial charge in [-0.3, -0.25) is 23.4 Å². The maximum absolute atomic E-state index is 12.9. The minimum atomic E-state index is -4.77. The van der Waals surface area contributed by atoms with Gasteiger partial charge in [0.25, 0.3) is 0 Å². The van der Waals surface area contributed by atoms with E-state index in [1.165, 1.54) is 51.4 Å². The zero-order valence-electron chi connectivity index (χ0n) is 47.9. The lowest BCUT2D eigenvalue weighted by Gasteiger charge is -2.21. The summed E-state index contributed by atoms with van der Waals surface area (Å²) in [6, 6.07) is 0. The average Bonchev–Trinajstić information content (AvgIpc) is 3.41. The molecule has 11 nitrogen and oxygen atoms in total. The maximum atomic E-state index is 12.9. The summed E-state index contributed by atoms with van der Waals surface area (Å²) in [7, 11) is -4.77. The topological polar surface area (TPSA) is 155 Å². The summed E-state index contributed by atoms with van der Waals surface area (Å²) in [6.45, 7) is 4.33. The number of carbonyl (C=O) groups excluding carboxylic acids is 3. The summed E-state index contributed by atoms with van der Waals surface area (Å²) in [4.78, 5) is 48.6. The van der Waals surface area contributed by atoms with Gasteiger partial charge < -0.3 is 24.2 Å². The van der Waals surface area contributed by atoms with Crippen LogP contribution in [0.1, 0.15) is 239 Å². The molecule has 76 heavy (non-hydrogen) atoms. The molecule has 0 radical (unpaired) electrons. The van der Waals surface area contributed by atoms with Crippen molar-refractivity contribution in [1.29, 1.82) is 0 Å². The molecule has 0 saturated heterocycles. The summed E-state index contributed by atoms with van der Waals surface area (Å²) in [5.41, 5.74) is 0. The minimum absolute atomic E-state index is 0.119. The summed E-state index contributed by atoms with van der Waals surface area (Å²) in [5, 5.41) is 9.82. The van der Waals surface area contributed by atoms with Crippen LogP contribution in [0.25, 0.3) is 0 Å². The van der Waals surface area contributed by atoms with Crippen molar-refractivity contribution in [2.75, 3.05) is 26.4 Å². The molecule has 0 spiro atoms. The highest BCUT2D eigenvalue weighted by Gasteiger charge is 2.28. The van der Waals surface area contributed by atoms with Crippen LogP contribution in [0.3, 0.4) is 0 Å². The molecule has 0 bridgehead atoms. The van der Waals surface area contributed by atoms with E-state index < -0.39 is 57.8 Å². The Bertz CT molecular complexity index is 1690. The van der Waals surface area contributed by atoms with Gasteiger partial charge in [-0.2, -0.15) is 0 Å². The lowest BCUT2D eigenvalue weighted by atomic mass is 10.1. The van der Waals surface area contributed by atoms with Gasteiger partial charge >= 0.3 is 25.7 Å². The van der Waals surface area contributed by atoms with E-state index in [2.05, 4.69) is 130 Å². The average molecular weight is 1080 g/mol. The predicted molar refractivity (Wildman–Crippen MR) is 316 cm³/mol. The Kier molecular flexibility index (Phi) is 54.4. The van der Waals surface area contributed by atoms with Crippen molar-refractivity contribution in [2.45, 2.75) is 251 Å². The number of esters is 3. The predicted octanol–water partition coefficient (Wildman–Crippen LogP) is 17.8. The van der Waals surface area contributed by atoms with Gasteiger partial charge in [0.05, 0.1) is 19.8 Å². The fraction of sp³-hybridized carbons (Fsp3) is 0.672. The monoisotopic (exact) mass is 1080 g/mol. The number of phosphoric ester groups is 1. The molecule has 3 unspecified atom stereocenters. The maximum Gasteiger partial charge on any atom is 0.472 e. The SMILES string of the molecule is CC/C=C\C/C=C\C/C=C\C/C=C\CCCCC(=O)OC(CO)COP(=O)(O)OCC(COC(=O)CCCCCCCCC/C=C\C/C=C\C/C=C\CC)OC(=O)CCCCCCCCC/C=C\C/C=C\CCCCC. The number of phosphoric acid groups is 1. The van der Waals surface area contributed by atoms with Crippen LogP contribution in [0.5, 0.6) is 0 Å². The van der Waals surface area contributed by atoms with Gasteiger partial charge in [-0.15, -0.1) is 0 Å². The molecular formula is C64H107O11P. The molecule has 3 atom stereocenters. The van der Waals surface area contributed by atoms with E-state index in [-0.39, 0.29) is 25.9 Å². The molecule has 0 saturated carbocycles. The number of rotatable bonds is 54. The number of allylic oxidation sites excluding steroid dienone is 18. The molecule has 0 aromatic carbocycles. The second kappa shape index (κ2) is 57.3. The van der Waals surface area contributed by atoms with Crippen molar-refractivity contribution in [3.8, 4) is 0 Å². The molecule has 0 aliphatic carbocycles. The second-order valence-corrected chi connectivity index (χ2v) is 20.8. The van der Waals surface area contributed by atoms with Crippen LogP contribution >= 0.6 is 7.82 Å². The molecule has 0 rings (SSSR count). The van der Waals surface area contributed by atoms with Crippen molar-refractivity contribution < 1.29 is 52.2 Å². The van der Waals surface area contributed by atoms with Gasteiger partial charge in [-0.1, -0.05) is 207 Å². The number of unbranched alkanes of at least 4 members (excludes halogenated alkanes) is 19. The number of aliphatic hydroxyl groups is 1. The number of aliphatic hydroxyl groups excluding tert-OH is 1. The van der Waals surface area contributed by atoms with Crippen LogP contribution in [0.4, 0.5) is 0 Å². The summed E-state index contributed by atoms with van der Waals surface area (Å²) in [5.74, 6) is -1.53. The normalized spacial score (nSPS) is 14.1. The third-order valence-corrected chi connectivity index (χ3v) is 13.1.